The first-order valence-corrected chi connectivity index (χ1v) is 4.32. The molecule has 0 aliphatic heterocycles. The van der Waals surface area contributed by atoms with Gasteiger partial charge in [0.25, 0.3) is 0 Å². The van der Waals surface area contributed by atoms with Gasteiger partial charge >= 0.3 is 0 Å². The summed E-state index contributed by atoms with van der Waals surface area (Å²) in [5, 5.41) is 8.67. The van der Waals surface area contributed by atoms with E-state index in [9.17, 15) is 0 Å². The molecule has 0 saturated carbocycles. The lowest BCUT2D eigenvalue weighted by Crippen LogP contribution is -2.25. The summed E-state index contributed by atoms with van der Waals surface area (Å²) < 4.78 is 0. The van der Waals surface area contributed by atoms with E-state index in [-0.39, 0.29) is 5.92 Å². The molecule has 0 aliphatic rings. The van der Waals surface area contributed by atoms with Crippen LogP contribution in [0.4, 0.5) is 0 Å². The highest BCUT2D eigenvalue weighted by molar-refractivity contribution is 4.83. The minimum Gasteiger partial charge on any atom is -0.305 e. The van der Waals surface area contributed by atoms with Crippen LogP contribution in [-0.2, 0) is 0 Å². The van der Waals surface area contributed by atoms with Gasteiger partial charge in [0.1, 0.15) is 0 Å². The van der Waals surface area contributed by atoms with Crippen molar-refractivity contribution in [3.05, 3.63) is 0 Å². The van der Waals surface area contributed by atoms with Gasteiger partial charge in [-0.25, -0.2) is 0 Å². The Morgan fingerprint density at radius 1 is 1.45 bits per heavy atom. The van der Waals surface area contributed by atoms with E-state index >= 15 is 0 Å². The third-order valence-corrected chi connectivity index (χ3v) is 1.81. The van der Waals surface area contributed by atoms with Crippen LogP contribution in [0.25, 0.3) is 0 Å². The van der Waals surface area contributed by atoms with Crippen LogP contribution >= 0.6 is 0 Å². The van der Waals surface area contributed by atoms with E-state index in [1.165, 1.54) is 6.42 Å². The van der Waals surface area contributed by atoms with Crippen molar-refractivity contribution in [3.63, 3.8) is 0 Å². The molecule has 0 heterocycles. The smallest absolute Gasteiger partial charge is 0.0669 e. The molecule has 1 atom stereocenters. The SMILES string of the molecule is CCCN(C)CC(C#N)CC. The van der Waals surface area contributed by atoms with Crippen LogP contribution in [-0.4, -0.2) is 25.0 Å². The van der Waals surface area contributed by atoms with Gasteiger partial charge in [-0.2, -0.15) is 5.26 Å². The summed E-state index contributed by atoms with van der Waals surface area (Å²) >= 11 is 0. The molecule has 0 fully saturated rings. The number of nitriles is 1. The van der Waals surface area contributed by atoms with E-state index in [4.69, 9.17) is 5.26 Å². The van der Waals surface area contributed by atoms with Crippen molar-refractivity contribution in [3.8, 4) is 6.07 Å². The lowest BCUT2D eigenvalue weighted by Gasteiger charge is -2.17. The maximum Gasteiger partial charge on any atom is 0.0669 e. The molecule has 0 aromatic heterocycles. The third-order valence-electron chi connectivity index (χ3n) is 1.81. The molecule has 0 spiro atoms. The second-order valence-corrected chi connectivity index (χ2v) is 3.00. The van der Waals surface area contributed by atoms with Crippen LogP contribution in [0.5, 0.6) is 0 Å². The van der Waals surface area contributed by atoms with Crippen molar-refractivity contribution >= 4 is 0 Å². The molecule has 2 nitrogen and oxygen atoms in total. The first-order valence-electron chi connectivity index (χ1n) is 4.32. The minimum absolute atomic E-state index is 0.214. The highest BCUT2D eigenvalue weighted by atomic mass is 15.1. The molecule has 0 amide bonds. The van der Waals surface area contributed by atoms with Crippen LogP contribution in [0.15, 0.2) is 0 Å². The van der Waals surface area contributed by atoms with Crippen molar-refractivity contribution in [2.24, 2.45) is 5.92 Å². The molecule has 0 bridgehead atoms. The van der Waals surface area contributed by atoms with Crippen LogP contribution in [0, 0.1) is 17.2 Å². The Morgan fingerprint density at radius 2 is 2.09 bits per heavy atom. The Kier molecular flexibility index (Phi) is 5.87. The molecule has 0 aromatic carbocycles. The van der Waals surface area contributed by atoms with E-state index in [0.29, 0.717) is 0 Å². The first-order chi connectivity index (χ1) is 5.24. The fraction of sp³-hybridized carbons (Fsp3) is 0.889. The molecule has 2 heteroatoms. The molecule has 11 heavy (non-hydrogen) atoms. The maximum atomic E-state index is 8.67. The van der Waals surface area contributed by atoms with Gasteiger partial charge in [0, 0.05) is 6.54 Å². The summed E-state index contributed by atoms with van der Waals surface area (Å²) in [4.78, 5) is 2.22. The quantitative estimate of drug-likeness (QED) is 0.604. The van der Waals surface area contributed by atoms with E-state index in [2.05, 4.69) is 31.9 Å². The largest absolute Gasteiger partial charge is 0.305 e. The number of rotatable bonds is 5. The van der Waals surface area contributed by atoms with E-state index < -0.39 is 0 Å². The second kappa shape index (κ2) is 6.18. The zero-order chi connectivity index (χ0) is 8.69. The number of nitrogens with zero attached hydrogens (tertiary/aromatic N) is 2. The highest BCUT2D eigenvalue weighted by Gasteiger charge is 2.06. The molecule has 0 radical (unpaired) electrons. The maximum absolute atomic E-state index is 8.67. The van der Waals surface area contributed by atoms with Crippen molar-refractivity contribution in [2.45, 2.75) is 26.7 Å². The summed E-state index contributed by atoms with van der Waals surface area (Å²) in [6.45, 7) is 6.23. The van der Waals surface area contributed by atoms with Gasteiger partial charge in [-0.3, -0.25) is 0 Å². The van der Waals surface area contributed by atoms with Gasteiger partial charge in [-0.05, 0) is 26.4 Å². The minimum atomic E-state index is 0.214. The molecule has 1 unspecified atom stereocenters. The highest BCUT2D eigenvalue weighted by Crippen LogP contribution is 2.02. The number of hydrogen-bond donors (Lipinski definition) is 0. The van der Waals surface area contributed by atoms with Crippen LogP contribution in [0.2, 0.25) is 0 Å². The van der Waals surface area contributed by atoms with Gasteiger partial charge < -0.3 is 4.90 Å². The Balaban J connectivity index is 3.55. The lowest BCUT2D eigenvalue weighted by molar-refractivity contribution is 0.300. The van der Waals surface area contributed by atoms with Crippen molar-refractivity contribution in [2.75, 3.05) is 20.1 Å². The fourth-order valence-electron chi connectivity index (χ4n) is 1.11. The summed E-state index contributed by atoms with van der Waals surface area (Å²) in [6.07, 6.45) is 2.13. The number of hydrogen-bond acceptors (Lipinski definition) is 2. The zero-order valence-corrected chi connectivity index (χ0v) is 7.80. The van der Waals surface area contributed by atoms with Crippen molar-refractivity contribution < 1.29 is 0 Å². The van der Waals surface area contributed by atoms with Gasteiger partial charge in [-0.15, -0.1) is 0 Å². The molecule has 0 aliphatic carbocycles. The van der Waals surface area contributed by atoms with Gasteiger partial charge in [0.2, 0.25) is 0 Å². The molecular weight excluding hydrogens is 136 g/mol. The predicted octanol–water partition coefficient (Wildman–Crippen LogP) is 1.88. The summed E-state index contributed by atoms with van der Waals surface area (Å²) in [7, 11) is 2.07. The molecular formula is C9H18N2. The topological polar surface area (TPSA) is 27.0 Å². The van der Waals surface area contributed by atoms with E-state index in [1.807, 2.05) is 0 Å². The predicted molar refractivity (Wildman–Crippen MR) is 47.2 cm³/mol. The van der Waals surface area contributed by atoms with E-state index in [1.54, 1.807) is 0 Å². The third kappa shape index (κ3) is 4.80. The molecule has 0 aromatic rings. The lowest BCUT2D eigenvalue weighted by atomic mass is 10.1. The molecule has 0 N–H and O–H groups in total. The normalized spacial score (nSPS) is 13.0. The monoisotopic (exact) mass is 154 g/mol. The average molecular weight is 154 g/mol. The first kappa shape index (κ1) is 10.4. The Labute approximate surface area is 69.8 Å². The van der Waals surface area contributed by atoms with Gasteiger partial charge in [0.05, 0.1) is 12.0 Å². The zero-order valence-electron chi connectivity index (χ0n) is 7.80. The van der Waals surface area contributed by atoms with Crippen LogP contribution < -0.4 is 0 Å². The summed E-state index contributed by atoms with van der Waals surface area (Å²) in [5.41, 5.74) is 0. The fourth-order valence-corrected chi connectivity index (χ4v) is 1.11. The standard InChI is InChI=1S/C9H18N2/c1-4-6-11(3)8-9(5-2)7-10/h9H,4-6,8H2,1-3H3. The van der Waals surface area contributed by atoms with Crippen LogP contribution in [0.1, 0.15) is 26.7 Å². The van der Waals surface area contributed by atoms with E-state index in [0.717, 1.165) is 19.5 Å². The Hall–Kier alpha value is -0.550. The second-order valence-electron chi connectivity index (χ2n) is 3.00. The average Bonchev–Trinajstić information content (AvgIpc) is 2.01. The summed E-state index contributed by atoms with van der Waals surface area (Å²) in [5.74, 6) is 0.214. The van der Waals surface area contributed by atoms with Crippen molar-refractivity contribution in [1.82, 2.24) is 4.90 Å². The molecule has 0 saturated heterocycles. The van der Waals surface area contributed by atoms with Gasteiger partial charge in [0.15, 0.2) is 0 Å². The van der Waals surface area contributed by atoms with Crippen molar-refractivity contribution in [1.29, 1.82) is 5.26 Å². The molecule has 0 rings (SSSR count). The van der Waals surface area contributed by atoms with Gasteiger partial charge in [-0.1, -0.05) is 13.8 Å². The summed E-state index contributed by atoms with van der Waals surface area (Å²) in [6, 6.07) is 2.30. The molecule has 64 valence electrons. The van der Waals surface area contributed by atoms with Crippen LogP contribution in [0.3, 0.4) is 0 Å². The Morgan fingerprint density at radius 3 is 2.45 bits per heavy atom. The Bertz CT molecular complexity index is 126.